The van der Waals surface area contributed by atoms with Crippen molar-refractivity contribution in [2.75, 3.05) is 0 Å². The van der Waals surface area contributed by atoms with Gasteiger partial charge in [0, 0.05) is 11.1 Å². The first-order chi connectivity index (χ1) is 5.93. The van der Waals surface area contributed by atoms with Crippen LogP contribution >= 0.6 is 0 Å². The van der Waals surface area contributed by atoms with Gasteiger partial charge in [-0.2, -0.15) is 0 Å². The lowest BCUT2D eigenvalue weighted by Gasteiger charge is -2.26. The van der Waals surface area contributed by atoms with Gasteiger partial charge in [-0.25, -0.2) is 4.39 Å². The largest absolute Gasteiger partial charge is 0.386 e. The number of aliphatic hydroxyl groups excluding tert-OH is 1. The molecular formula is C10H14FNO. The van der Waals surface area contributed by atoms with E-state index >= 15 is 0 Å². The summed E-state index contributed by atoms with van der Waals surface area (Å²) in [5.41, 5.74) is 5.08. The van der Waals surface area contributed by atoms with Crippen LogP contribution in [-0.2, 0) is 0 Å². The molecule has 72 valence electrons. The Labute approximate surface area is 77.2 Å². The molecule has 0 spiro atoms. The fourth-order valence-electron chi connectivity index (χ4n) is 1.10. The van der Waals surface area contributed by atoms with Gasteiger partial charge in [-0.15, -0.1) is 0 Å². The third-order valence-electron chi connectivity index (χ3n) is 1.90. The fourth-order valence-corrected chi connectivity index (χ4v) is 1.10. The molecule has 1 rings (SSSR count). The highest BCUT2D eigenvalue weighted by Crippen LogP contribution is 2.24. The van der Waals surface area contributed by atoms with Gasteiger partial charge < -0.3 is 10.8 Å². The molecule has 0 aliphatic carbocycles. The predicted octanol–water partition coefficient (Wildman–Crippen LogP) is 1.60. The Morgan fingerprint density at radius 1 is 1.38 bits per heavy atom. The molecule has 2 nitrogen and oxygen atoms in total. The highest BCUT2D eigenvalue weighted by atomic mass is 19.1. The first-order valence-corrected chi connectivity index (χ1v) is 4.14. The SMILES string of the molecule is CC(C)(N)[C@@H](O)c1ccccc1F. The summed E-state index contributed by atoms with van der Waals surface area (Å²) in [6.07, 6.45) is -0.978. The second-order valence-corrected chi connectivity index (χ2v) is 3.75. The van der Waals surface area contributed by atoms with Crippen LogP contribution in [0.2, 0.25) is 0 Å². The first kappa shape index (κ1) is 10.2. The molecule has 1 aromatic carbocycles. The van der Waals surface area contributed by atoms with Gasteiger partial charge in [0.1, 0.15) is 5.82 Å². The molecule has 1 atom stereocenters. The van der Waals surface area contributed by atoms with Crippen molar-refractivity contribution in [2.24, 2.45) is 5.73 Å². The topological polar surface area (TPSA) is 46.2 Å². The minimum atomic E-state index is -0.978. The van der Waals surface area contributed by atoms with E-state index in [2.05, 4.69) is 0 Å². The average molecular weight is 183 g/mol. The second-order valence-electron chi connectivity index (χ2n) is 3.75. The van der Waals surface area contributed by atoms with Gasteiger partial charge in [-0.3, -0.25) is 0 Å². The maximum atomic E-state index is 13.2. The second kappa shape index (κ2) is 3.44. The summed E-state index contributed by atoms with van der Waals surface area (Å²) in [4.78, 5) is 0. The van der Waals surface area contributed by atoms with Crippen LogP contribution in [0.15, 0.2) is 24.3 Å². The molecule has 0 aliphatic heterocycles. The smallest absolute Gasteiger partial charge is 0.129 e. The van der Waals surface area contributed by atoms with Crippen molar-refractivity contribution in [3.63, 3.8) is 0 Å². The Balaban J connectivity index is 3.02. The maximum Gasteiger partial charge on any atom is 0.129 e. The van der Waals surface area contributed by atoms with Crippen LogP contribution in [0, 0.1) is 5.82 Å². The average Bonchev–Trinajstić information content (AvgIpc) is 2.02. The minimum Gasteiger partial charge on any atom is -0.386 e. The van der Waals surface area contributed by atoms with E-state index in [4.69, 9.17) is 5.73 Å². The van der Waals surface area contributed by atoms with Gasteiger partial charge in [0.2, 0.25) is 0 Å². The summed E-state index contributed by atoms with van der Waals surface area (Å²) >= 11 is 0. The zero-order valence-electron chi connectivity index (χ0n) is 7.79. The Bertz CT molecular complexity index is 293. The van der Waals surface area contributed by atoms with E-state index < -0.39 is 17.5 Å². The molecule has 0 unspecified atom stereocenters. The van der Waals surface area contributed by atoms with Crippen molar-refractivity contribution >= 4 is 0 Å². The lowest BCUT2D eigenvalue weighted by Crippen LogP contribution is -2.39. The molecule has 0 aliphatic rings. The lowest BCUT2D eigenvalue weighted by atomic mass is 9.92. The summed E-state index contributed by atoms with van der Waals surface area (Å²) in [6.45, 7) is 3.31. The third kappa shape index (κ3) is 2.26. The zero-order chi connectivity index (χ0) is 10.1. The van der Waals surface area contributed by atoms with Crippen molar-refractivity contribution in [3.05, 3.63) is 35.6 Å². The summed E-state index contributed by atoms with van der Waals surface area (Å²) in [5, 5.41) is 9.67. The van der Waals surface area contributed by atoms with Gasteiger partial charge in [0.15, 0.2) is 0 Å². The molecule has 0 bridgehead atoms. The molecule has 3 N–H and O–H groups in total. The predicted molar refractivity (Wildman–Crippen MR) is 49.6 cm³/mol. The molecule has 13 heavy (non-hydrogen) atoms. The first-order valence-electron chi connectivity index (χ1n) is 4.14. The van der Waals surface area contributed by atoms with Crippen molar-refractivity contribution in [1.29, 1.82) is 0 Å². The summed E-state index contributed by atoms with van der Waals surface area (Å²) in [7, 11) is 0. The number of rotatable bonds is 2. The van der Waals surface area contributed by atoms with E-state index in [0.717, 1.165) is 0 Å². The van der Waals surface area contributed by atoms with Crippen molar-refractivity contribution in [3.8, 4) is 0 Å². The maximum absolute atomic E-state index is 13.2. The van der Waals surface area contributed by atoms with Crippen LogP contribution in [0.3, 0.4) is 0 Å². The van der Waals surface area contributed by atoms with Crippen LogP contribution in [0.1, 0.15) is 25.5 Å². The van der Waals surface area contributed by atoms with E-state index in [1.54, 1.807) is 26.0 Å². The molecule has 0 fully saturated rings. The number of halogens is 1. The van der Waals surface area contributed by atoms with E-state index in [1.165, 1.54) is 12.1 Å². The van der Waals surface area contributed by atoms with Crippen LogP contribution in [0.4, 0.5) is 4.39 Å². The van der Waals surface area contributed by atoms with Crippen molar-refractivity contribution in [1.82, 2.24) is 0 Å². The Kier molecular flexibility index (Phi) is 2.68. The van der Waals surface area contributed by atoms with E-state index in [9.17, 15) is 9.50 Å². The molecule has 3 heteroatoms. The number of hydrogen-bond donors (Lipinski definition) is 2. The Hall–Kier alpha value is -0.930. The number of hydrogen-bond acceptors (Lipinski definition) is 2. The Morgan fingerprint density at radius 3 is 2.38 bits per heavy atom. The standard InChI is InChI=1S/C10H14FNO/c1-10(2,12)9(13)7-5-3-4-6-8(7)11/h3-6,9,13H,12H2,1-2H3/t9-/m0/s1. The molecular weight excluding hydrogens is 169 g/mol. The minimum absolute atomic E-state index is 0.245. The van der Waals surface area contributed by atoms with Gasteiger partial charge in [-0.1, -0.05) is 18.2 Å². The summed E-state index contributed by atoms with van der Waals surface area (Å²) in [5.74, 6) is -0.423. The van der Waals surface area contributed by atoms with Gasteiger partial charge >= 0.3 is 0 Å². The number of nitrogens with two attached hydrogens (primary N) is 1. The number of aliphatic hydroxyl groups is 1. The van der Waals surface area contributed by atoms with E-state index in [-0.39, 0.29) is 5.56 Å². The van der Waals surface area contributed by atoms with Crippen LogP contribution < -0.4 is 5.73 Å². The lowest BCUT2D eigenvalue weighted by molar-refractivity contribution is 0.101. The molecule has 0 heterocycles. The monoisotopic (exact) mass is 183 g/mol. The molecule has 0 aromatic heterocycles. The van der Waals surface area contributed by atoms with Gasteiger partial charge in [0.05, 0.1) is 6.10 Å². The zero-order valence-corrected chi connectivity index (χ0v) is 7.79. The molecule has 0 saturated carbocycles. The number of benzene rings is 1. The molecule has 1 aromatic rings. The molecule has 0 radical (unpaired) electrons. The van der Waals surface area contributed by atoms with E-state index in [1.807, 2.05) is 0 Å². The third-order valence-corrected chi connectivity index (χ3v) is 1.90. The highest BCUT2D eigenvalue weighted by molar-refractivity contribution is 5.22. The van der Waals surface area contributed by atoms with E-state index in [0.29, 0.717) is 0 Å². The molecule has 0 saturated heterocycles. The molecule has 0 amide bonds. The van der Waals surface area contributed by atoms with Crippen molar-refractivity contribution < 1.29 is 9.50 Å². The normalized spacial score (nSPS) is 14.2. The summed E-state index contributed by atoms with van der Waals surface area (Å²) < 4.78 is 13.2. The summed E-state index contributed by atoms with van der Waals surface area (Å²) in [6, 6.07) is 6.10. The van der Waals surface area contributed by atoms with Crippen LogP contribution in [-0.4, -0.2) is 10.6 Å². The highest BCUT2D eigenvalue weighted by Gasteiger charge is 2.26. The van der Waals surface area contributed by atoms with Crippen molar-refractivity contribution in [2.45, 2.75) is 25.5 Å². The van der Waals surface area contributed by atoms with Crippen LogP contribution in [0.25, 0.3) is 0 Å². The Morgan fingerprint density at radius 2 is 1.92 bits per heavy atom. The van der Waals surface area contributed by atoms with Gasteiger partial charge in [0.25, 0.3) is 0 Å². The quantitative estimate of drug-likeness (QED) is 0.731. The fraction of sp³-hybridized carbons (Fsp3) is 0.400. The van der Waals surface area contributed by atoms with Crippen LogP contribution in [0.5, 0.6) is 0 Å². The van der Waals surface area contributed by atoms with Gasteiger partial charge in [-0.05, 0) is 19.9 Å².